The van der Waals surface area contributed by atoms with E-state index in [2.05, 4.69) is 16.0 Å². The molecule has 0 aliphatic carbocycles. The van der Waals surface area contributed by atoms with Crippen LogP contribution >= 0.6 is 7.75 Å². The third-order valence-electron chi connectivity index (χ3n) is 5.38. The lowest BCUT2D eigenvalue weighted by Gasteiger charge is -2.26. The standard InChI is InChI=1S/C24H30FN4O9P/c1-15(2)36-21(31)16(3)28-39(34,38-17-8-5-4-6-9-17)35-14-18-20(30)24(33,11-7-12-25)22(37-18)29-13-10-19(26)27-23(29)32/h4-6,8-10,13,15-16,18,20,22,30,33H,12,14H2,1-3H3,(H,28,34)(H2,26,27,32)/t16-,18+,20?,22+,24+,39-/m0/s1. The molecule has 1 fully saturated rings. The van der Waals surface area contributed by atoms with Crippen molar-refractivity contribution >= 4 is 19.5 Å². The van der Waals surface area contributed by atoms with Crippen molar-refractivity contribution < 1.29 is 42.5 Å². The molecular formula is C24H30FN4O9P. The Balaban J connectivity index is 1.88. The number of rotatable bonds is 10. The summed E-state index contributed by atoms with van der Waals surface area (Å²) in [6.45, 7) is 2.83. The minimum atomic E-state index is -4.36. The van der Waals surface area contributed by atoms with E-state index in [9.17, 15) is 28.8 Å². The van der Waals surface area contributed by atoms with Crippen LogP contribution in [0.4, 0.5) is 10.2 Å². The lowest BCUT2D eigenvalue weighted by Crippen LogP contribution is -2.48. The summed E-state index contributed by atoms with van der Waals surface area (Å²) in [4.78, 5) is 28.3. The van der Waals surface area contributed by atoms with Crippen molar-refractivity contribution in [3.8, 4) is 17.6 Å². The van der Waals surface area contributed by atoms with Crippen molar-refractivity contribution in [1.82, 2.24) is 14.6 Å². The number of alkyl halides is 1. The molecule has 39 heavy (non-hydrogen) atoms. The first-order valence-corrected chi connectivity index (χ1v) is 13.4. The molecule has 1 saturated heterocycles. The maximum atomic E-state index is 13.7. The predicted octanol–water partition coefficient (Wildman–Crippen LogP) is 0.921. The Morgan fingerprint density at radius 1 is 1.33 bits per heavy atom. The van der Waals surface area contributed by atoms with E-state index in [-0.39, 0.29) is 11.6 Å². The Hall–Kier alpha value is -3.31. The number of halogens is 1. The van der Waals surface area contributed by atoms with Gasteiger partial charge >= 0.3 is 19.4 Å². The number of carbonyl (C=O) groups is 1. The van der Waals surface area contributed by atoms with Crippen LogP contribution in [0.25, 0.3) is 0 Å². The van der Waals surface area contributed by atoms with Crippen molar-refractivity contribution in [1.29, 1.82) is 0 Å². The summed E-state index contributed by atoms with van der Waals surface area (Å²) in [6, 6.07) is 8.03. The monoisotopic (exact) mass is 568 g/mol. The van der Waals surface area contributed by atoms with Crippen molar-refractivity contribution in [2.75, 3.05) is 19.0 Å². The number of aliphatic hydroxyl groups excluding tert-OH is 1. The fraction of sp³-hybridized carbons (Fsp3) is 0.458. The number of nitrogens with zero attached hydrogens (tertiary/aromatic N) is 2. The van der Waals surface area contributed by atoms with Gasteiger partial charge < -0.3 is 29.9 Å². The number of aromatic nitrogens is 2. The van der Waals surface area contributed by atoms with Gasteiger partial charge in [0.25, 0.3) is 0 Å². The SMILES string of the molecule is CC(C)OC(=O)[C@H](C)N[P@](=O)(OC[C@H]1O[C@@H](n2ccc(N)nc2=O)[C@@](O)(C#CCF)C1O)Oc1ccccc1. The third-order valence-corrected chi connectivity index (χ3v) is 7.02. The molecular weight excluding hydrogens is 538 g/mol. The normalized spacial score (nSPS) is 24.8. The van der Waals surface area contributed by atoms with Crippen LogP contribution in [0.5, 0.6) is 5.75 Å². The number of hydrogen-bond donors (Lipinski definition) is 4. The highest BCUT2D eigenvalue weighted by atomic mass is 31.2. The molecule has 0 radical (unpaired) electrons. The summed E-state index contributed by atoms with van der Waals surface area (Å²) in [7, 11) is -4.36. The average Bonchev–Trinajstić information content (AvgIpc) is 3.11. The van der Waals surface area contributed by atoms with E-state index >= 15 is 0 Å². The van der Waals surface area contributed by atoms with Crippen LogP contribution in [0, 0.1) is 11.8 Å². The van der Waals surface area contributed by atoms with E-state index in [1.54, 1.807) is 32.0 Å². The van der Waals surface area contributed by atoms with E-state index in [0.29, 0.717) is 0 Å². The number of para-hydroxylation sites is 1. The summed E-state index contributed by atoms with van der Waals surface area (Å²) < 4.78 is 49.2. The van der Waals surface area contributed by atoms with Gasteiger partial charge in [-0.05, 0) is 39.0 Å². The largest absolute Gasteiger partial charge is 0.462 e. The molecule has 2 aromatic rings. The summed E-state index contributed by atoms with van der Waals surface area (Å²) in [5.74, 6) is 3.50. The molecule has 0 bridgehead atoms. The minimum Gasteiger partial charge on any atom is -0.462 e. The highest BCUT2D eigenvalue weighted by Crippen LogP contribution is 2.47. The molecule has 2 heterocycles. The molecule has 15 heteroatoms. The zero-order valence-corrected chi connectivity index (χ0v) is 22.3. The molecule has 1 unspecified atom stereocenters. The first kappa shape index (κ1) is 30.2. The summed E-state index contributed by atoms with van der Waals surface area (Å²) in [5.41, 5.74) is 2.08. The molecule has 212 valence electrons. The van der Waals surface area contributed by atoms with Gasteiger partial charge in [-0.1, -0.05) is 30.0 Å². The van der Waals surface area contributed by atoms with E-state index in [0.717, 1.165) is 10.8 Å². The molecule has 1 aromatic heterocycles. The smallest absolute Gasteiger partial charge is 0.459 e. The molecule has 1 aromatic carbocycles. The molecule has 0 amide bonds. The zero-order chi connectivity index (χ0) is 28.8. The van der Waals surface area contributed by atoms with Gasteiger partial charge in [0.2, 0.25) is 0 Å². The number of nitrogens with two attached hydrogens (primary N) is 1. The molecule has 1 aliphatic heterocycles. The van der Waals surface area contributed by atoms with E-state index < -0.39 is 68.9 Å². The molecule has 5 N–H and O–H groups in total. The molecule has 3 rings (SSSR count). The average molecular weight is 568 g/mol. The molecule has 1 aliphatic rings. The Morgan fingerprint density at radius 3 is 2.64 bits per heavy atom. The van der Waals surface area contributed by atoms with Gasteiger partial charge in [-0.15, -0.1) is 0 Å². The van der Waals surface area contributed by atoms with Crippen LogP contribution in [0.2, 0.25) is 0 Å². The van der Waals surface area contributed by atoms with Crippen molar-refractivity contribution in [2.24, 2.45) is 0 Å². The number of anilines is 1. The van der Waals surface area contributed by atoms with E-state index in [4.69, 9.17) is 24.3 Å². The predicted molar refractivity (Wildman–Crippen MR) is 136 cm³/mol. The zero-order valence-electron chi connectivity index (χ0n) is 21.4. The van der Waals surface area contributed by atoms with Gasteiger partial charge in [0, 0.05) is 6.20 Å². The number of carbonyl (C=O) groups excluding carboxylic acids is 1. The number of benzene rings is 1. The van der Waals surface area contributed by atoms with E-state index in [1.807, 2.05) is 5.92 Å². The number of aliphatic hydroxyl groups is 2. The highest BCUT2D eigenvalue weighted by molar-refractivity contribution is 7.52. The first-order chi connectivity index (χ1) is 18.4. The van der Waals surface area contributed by atoms with Gasteiger partial charge in [-0.3, -0.25) is 13.9 Å². The number of nitrogens with one attached hydrogen (secondary N) is 1. The Labute approximate surface area is 223 Å². The Bertz CT molecular complexity index is 1320. The second kappa shape index (κ2) is 12.7. The minimum absolute atomic E-state index is 0.108. The van der Waals surface area contributed by atoms with Crippen LogP contribution in [0.15, 0.2) is 47.4 Å². The van der Waals surface area contributed by atoms with Gasteiger partial charge in [0.1, 0.15) is 36.5 Å². The first-order valence-electron chi connectivity index (χ1n) is 11.8. The van der Waals surface area contributed by atoms with Crippen molar-refractivity contribution in [3.63, 3.8) is 0 Å². The van der Waals surface area contributed by atoms with Crippen molar-refractivity contribution in [3.05, 3.63) is 53.1 Å². The quantitative estimate of drug-likeness (QED) is 0.181. The highest BCUT2D eigenvalue weighted by Gasteiger charge is 2.56. The molecule has 0 saturated carbocycles. The summed E-state index contributed by atoms with van der Waals surface area (Å²) in [5, 5.41) is 24.5. The number of nitrogen functional groups attached to an aromatic ring is 1. The number of hydrogen-bond acceptors (Lipinski definition) is 11. The van der Waals surface area contributed by atoms with Crippen LogP contribution in [0.1, 0.15) is 27.0 Å². The van der Waals surface area contributed by atoms with Gasteiger partial charge in [0.05, 0.1) is 12.7 Å². The maximum absolute atomic E-state index is 13.7. The van der Waals surface area contributed by atoms with Gasteiger partial charge in [-0.2, -0.15) is 10.1 Å². The Kier molecular flexibility index (Phi) is 9.84. The lowest BCUT2D eigenvalue weighted by atomic mass is 9.94. The summed E-state index contributed by atoms with van der Waals surface area (Å²) >= 11 is 0. The van der Waals surface area contributed by atoms with Gasteiger partial charge in [-0.25, -0.2) is 13.8 Å². The maximum Gasteiger partial charge on any atom is 0.459 e. The Morgan fingerprint density at radius 2 is 2.03 bits per heavy atom. The van der Waals surface area contributed by atoms with Crippen LogP contribution in [-0.4, -0.2) is 69.0 Å². The van der Waals surface area contributed by atoms with Crippen LogP contribution in [-0.2, 0) is 23.4 Å². The second-order valence-electron chi connectivity index (χ2n) is 8.81. The third kappa shape index (κ3) is 7.42. The summed E-state index contributed by atoms with van der Waals surface area (Å²) in [6.07, 6.45) is -4.28. The van der Waals surface area contributed by atoms with Crippen LogP contribution < -0.4 is 21.0 Å². The topological polar surface area (TPSA) is 184 Å². The lowest BCUT2D eigenvalue weighted by molar-refractivity contribution is -0.149. The number of ether oxygens (including phenoxy) is 2. The second-order valence-corrected chi connectivity index (χ2v) is 10.5. The van der Waals surface area contributed by atoms with Crippen LogP contribution in [0.3, 0.4) is 0 Å². The molecule has 6 atom stereocenters. The number of esters is 1. The molecule has 0 spiro atoms. The van der Waals surface area contributed by atoms with Crippen molar-refractivity contribution in [2.45, 2.75) is 57.0 Å². The fourth-order valence-corrected chi connectivity index (χ4v) is 5.10. The fourth-order valence-electron chi connectivity index (χ4n) is 3.60. The molecule has 13 nitrogen and oxygen atoms in total. The van der Waals surface area contributed by atoms with E-state index in [1.165, 1.54) is 25.1 Å². The van der Waals surface area contributed by atoms with Gasteiger partial charge in [0.15, 0.2) is 11.8 Å².